The summed E-state index contributed by atoms with van der Waals surface area (Å²) in [6, 6.07) is 14.0. The van der Waals surface area contributed by atoms with Gasteiger partial charge in [0.25, 0.3) is 0 Å². The van der Waals surface area contributed by atoms with Crippen molar-refractivity contribution in [1.82, 2.24) is 0 Å². The quantitative estimate of drug-likeness (QED) is 0.917. The molecule has 1 atom stereocenters. The summed E-state index contributed by atoms with van der Waals surface area (Å²) >= 11 is 0. The number of ether oxygens (including phenoxy) is 2. The van der Waals surface area contributed by atoms with E-state index >= 15 is 0 Å². The van der Waals surface area contributed by atoms with Crippen LogP contribution < -0.4 is 15.2 Å². The molecule has 3 heteroatoms. The summed E-state index contributed by atoms with van der Waals surface area (Å²) in [4.78, 5) is 0. The van der Waals surface area contributed by atoms with Crippen LogP contribution in [0.5, 0.6) is 17.2 Å². The van der Waals surface area contributed by atoms with E-state index in [2.05, 4.69) is 19.9 Å². The molecular weight excluding hydrogens is 262 g/mol. The van der Waals surface area contributed by atoms with E-state index in [1.165, 1.54) is 5.56 Å². The molecule has 0 unspecified atom stereocenters. The molecule has 1 aliphatic heterocycles. The largest absolute Gasteiger partial charge is 0.483 e. The van der Waals surface area contributed by atoms with E-state index in [1.807, 2.05) is 43.3 Å². The first-order chi connectivity index (χ1) is 9.94. The zero-order valence-corrected chi connectivity index (χ0v) is 12.7. The van der Waals surface area contributed by atoms with Crippen LogP contribution >= 0.6 is 0 Å². The number of para-hydroxylation sites is 1. The van der Waals surface area contributed by atoms with Crippen molar-refractivity contribution in [1.29, 1.82) is 0 Å². The van der Waals surface area contributed by atoms with Crippen molar-refractivity contribution in [3.8, 4) is 17.2 Å². The van der Waals surface area contributed by atoms with Crippen LogP contribution in [-0.2, 0) is 6.42 Å². The maximum atomic E-state index is 6.01. The lowest BCUT2D eigenvalue weighted by Crippen LogP contribution is -2.24. The summed E-state index contributed by atoms with van der Waals surface area (Å²) in [7, 11) is 0. The topological polar surface area (TPSA) is 44.5 Å². The van der Waals surface area contributed by atoms with Gasteiger partial charge in [-0.05, 0) is 44.5 Å². The van der Waals surface area contributed by atoms with Gasteiger partial charge in [-0.25, -0.2) is 0 Å². The third-order valence-electron chi connectivity index (χ3n) is 3.69. The fourth-order valence-electron chi connectivity index (χ4n) is 2.63. The summed E-state index contributed by atoms with van der Waals surface area (Å²) in [6.45, 7) is 6.15. The Hall–Kier alpha value is -2.00. The molecule has 0 amide bonds. The van der Waals surface area contributed by atoms with Crippen LogP contribution in [0.1, 0.15) is 37.9 Å². The lowest BCUT2D eigenvalue weighted by molar-refractivity contribution is 0.135. The standard InChI is InChI=1S/C18H21NO2/c1-12(19)13-7-9-15(10-8-13)20-16-6-4-5-14-11-18(2,3)21-17(14)16/h4-10,12H,11,19H2,1-3H3/t12-/m0/s1. The highest BCUT2D eigenvalue weighted by molar-refractivity contribution is 5.51. The number of benzene rings is 2. The molecule has 0 aliphatic carbocycles. The molecule has 0 spiro atoms. The average molecular weight is 283 g/mol. The SMILES string of the molecule is C[C@H](N)c1ccc(Oc2cccc3c2OC(C)(C)C3)cc1. The van der Waals surface area contributed by atoms with Gasteiger partial charge in [-0.15, -0.1) is 0 Å². The second-order valence-corrected chi connectivity index (χ2v) is 6.24. The second-order valence-electron chi connectivity index (χ2n) is 6.24. The minimum Gasteiger partial charge on any atom is -0.483 e. The van der Waals surface area contributed by atoms with E-state index in [9.17, 15) is 0 Å². The molecule has 0 fully saturated rings. The number of hydrogen-bond acceptors (Lipinski definition) is 3. The Labute approximate surface area is 125 Å². The van der Waals surface area contributed by atoms with Crippen LogP contribution in [-0.4, -0.2) is 5.60 Å². The fraction of sp³-hybridized carbons (Fsp3) is 0.333. The van der Waals surface area contributed by atoms with Gasteiger partial charge in [0.2, 0.25) is 0 Å². The Morgan fingerprint density at radius 2 is 1.86 bits per heavy atom. The number of fused-ring (bicyclic) bond motifs is 1. The van der Waals surface area contributed by atoms with E-state index < -0.39 is 0 Å². The van der Waals surface area contributed by atoms with Gasteiger partial charge >= 0.3 is 0 Å². The highest BCUT2D eigenvalue weighted by Crippen LogP contribution is 2.43. The van der Waals surface area contributed by atoms with Crippen molar-refractivity contribution in [2.75, 3.05) is 0 Å². The van der Waals surface area contributed by atoms with Crippen LogP contribution in [0.2, 0.25) is 0 Å². The summed E-state index contributed by atoms with van der Waals surface area (Å²) in [6.07, 6.45) is 0.906. The van der Waals surface area contributed by atoms with Crippen molar-refractivity contribution < 1.29 is 9.47 Å². The monoisotopic (exact) mass is 283 g/mol. The Balaban J connectivity index is 1.85. The summed E-state index contributed by atoms with van der Waals surface area (Å²) in [5.74, 6) is 2.42. The van der Waals surface area contributed by atoms with Gasteiger partial charge in [-0.3, -0.25) is 0 Å². The van der Waals surface area contributed by atoms with Crippen LogP contribution in [0.3, 0.4) is 0 Å². The second kappa shape index (κ2) is 5.08. The van der Waals surface area contributed by atoms with Crippen molar-refractivity contribution in [2.24, 2.45) is 5.73 Å². The zero-order chi connectivity index (χ0) is 15.0. The van der Waals surface area contributed by atoms with E-state index in [0.717, 1.165) is 29.2 Å². The maximum Gasteiger partial charge on any atom is 0.169 e. The van der Waals surface area contributed by atoms with Crippen LogP contribution in [0.25, 0.3) is 0 Å². The molecular formula is C18H21NO2. The van der Waals surface area contributed by atoms with E-state index in [1.54, 1.807) is 0 Å². The highest BCUT2D eigenvalue weighted by Gasteiger charge is 2.32. The van der Waals surface area contributed by atoms with Gasteiger partial charge in [-0.2, -0.15) is 0 Å². The van der Waals surface area contributed by atoms with Crippen LogP contribution in [0.4, 0.5) is 0 Å². The Morgan fingerprint density at radius 3 is 2.52 bits per heavy atom. The Morgan fingerprint density at radius 1 is 1.14 bits per heavy atom. The van der Waals surface area contributed by atoms with E-state index in [0.29, 0.717) is 0 Å². The first-order valence-corrected chi connectivity index (χ1v) is 7.29. The van der Waals surface area contributed by atoms with Gasteiger partial charge < -0.3 is 15.2 Å². The lowest BCUT2D eigenvalue weighted by Gasteiger charge is -2.18. The molecule has 21 heavy (non-hydrogen) atoms. The van der Waals surface area contributed by atoms with Crippen molar-refractivity contribution >= 4 is 0 Å². The molecule has 3 nitrogen and oxygen atoms in total. The first kappa shape index (κ1) is 14.0. The van der Waals surface area contributed by atoms with Gasteiger partial charge in [0.15, 0.2) is 11.5 Å². The highest BCUT2D eigenvalue weighted by atomic mass is 16.5. The molecule has 0 saturated heterocycles. The molecule has 0 aromatic heterocycles. The van der Waals surface area contributed by atoms with Gasteiger partial charge in [0.1, 0.15) is 11.4 Å². The predicted molar refractivity (Wildman–Crippen MR) is 84.0 cm³/mol. The van der Waals surface area contributed by atoms with Crippen molar-refractivity contribution in [2.45, 2.75) is 38.8 Å². The average Bonchev–Trinajstić information content (AvgIpc) is 2.74. The number of nitrogens with two attached hydrogens (primary N) is 1. The molecule has 1 heterocycles. The lowest BCUT2D eigenvalue weighted by atomic mass is 10.0. The third kappa shape index (κ3) is 2.88. The van der Waals surface area contributed by atoms with Gasteiger partial charge in [0.05, 0.1) is 0 Å². The molecule has 2 aromatic carbocycles. The zero-order valence-electron chi connectivity index (χ0n) is 12.7. The molecule has 0 radical (unpaired) electrons. The van der Waals surface area contributed by atoms with Gasteiger partial charge in [0, 0.05) is 18.0 Å². The summed E-state index contributed by atoms with van der Waals surface area (Å²) < 4.78 is 12.0. The minimum absolute atomic E-state index is 0.0316. The molecule has 0 bridgehead atoms. The predicted octanol–water partition coefficient (Wildman–Crippen LogP) is 4.21. The van der Waals surface area contributed by atoms with E-state index in [-0.39, 0.29) is 11.6 Å². The molecule has 3 rings (SSSR count). The molecule has 2 N–H and O–H groups in total. The smallest absolute Gasteiger partial charge is 0.169 e. The number of rotatable bonds is 3. The van der Waals surface area contributed by atoms with Crippen LogP contribution in [0, 0.1) is 0 Å². The van der Waals surface area contributed by atoms with Gasteiger partial charge in [-0.1, -0.05) is 24.3 Å². The fourth-order valence-corrected chi connectivity index (χ4v) is 2.63. The molecule has 2 aromatic rings. The normalized spacial score (nSPS) is 17.0. The maximum absolute atomic E-state index is 6.01. The molecule has 1 aliphatic rings. The Kier molecular flexibility index (Phi) is 3.38. The third-order valence-corrected chi connectivity index (χ3v) is 3.69. The van der Waals surface area contributed by atoms with Crippen molar-refractivity contribution in [3.05, 3.63) is 53.6 Å². The minimum atomic E-state index is -0.166. The Bertz CT molecular complexity index is 645. The summed E-state index contributed by atoms with van der Waals surface area (Å²) in [5.41, 5.74) is 7.99. The molecule has 0 saturated carbocycles. The first-order valence-electron chi connectivity index (χ1n) is 7.29. The number of hydrogen-bond donors (Lipinski definition) is 1. The van der Waals surface area contributed by atoms with Crippen LogP contribution in [0.15, 0.2) is 42.5 Å². The van der Waals surface area contributed by atoms with E-state index in [4.69, 9.17) is 15.2 Å². The van der Waals surface area contributed by atoms with Crippen molar-refractivity contribution in [3.63, 3.8) is 0 Å². The molecule has 110 valence electrons. The summed E-state index contributed by atoms with van der Waals surface area (Å²) in [5, 5.41) is 0.